The van der Waals surface area contributed by atoms with Gasteiger partial charge in [-0.1, -0.05) is 17.7 Å². The molecule has 0 saturated carbocycles. The Bertz CT molecular complexity index is 877. The van der Waals surface area contributed by atoms with Crippen LogP contribution < -0.4 is 22.1 Å². The van der Waals surface area contributed by atoms with Gasteiger partial charge in [0, 0.05) is 31.4 Å². The summed E-state index contributed by atoms with van der Waals surface area (Å²) < 4.78 is 13.5. The van der Waals surface area contributed by atoms with Crippen molar-refractivity contribution < 1.29 is 4.39 Å². The predicted molar refractivity (Wildman–Crippen MR) is 125 cm³/mol. The van der Waals surface area contributed by atoms with Crippen molar-refractivity contribution in [2.75, 3.05) is 26.2 Å². The van der Waals surface area contributed by atoms with Crippen LogP contribution in [0.3, 0.4) is 0 Å². The van der Waals surface area contributed by atoms with Crippen molar-refractivity contribution in [1.29, 1.82) is 0 Å². The highest BCUT2D eigenvalue weighted by atomic mass is 35.5. The first kappa shape index (κ1) is 23.1. The van der Waals surface area contributed by atoms with E-state index < -0.39 is 6.67 Å². The molecule has 0 unspecified atom stereocenters. The number of nitrogens with zero attached hydrogens (tertiary/aromatic N) is 3. The zero-order valence-corrected chi connectivity index (χ0v) is 18.5. The van der Waals surface area contributed by atoms with Gasteiger partial charge in [0.2, 0.25) is 0 Å². The van der Waals surface area contributed by atoms with Gasteiger partial charge in [0.15, 0.2) is 0 Å². The van der Waals surface area contributed by atoms with Gasteiger partial charge in [0.05, 0.1) is 17.1 Å². The van der Waals surface area contributed by atoms with E-state index in [1.807, 2.05) is 6.08 Å². The molecule has 1 saturated heterocycles. The summed E-state index contributed by atoms with van der Waals surface area (Å²) in [6.45, 7) is 6.92. The fourth-order valence-electron chi connectivity index (χ4n) is 3.80. The molecule has 0 atom stereocenters. The molecule has 1 aromatic rings. The zero-order valence-electron chi connectivity index (χ0n) is 17.7. The van der Waals surface area contributed by atoms with Crippen molar-refractivity contribution in [3.8, 4) is 0 Å². The van der Waals surface area contributed by atoms with Gasteiger partial charge in [-0.3, -0.25) is 0 Å². The van der Waals surface area contributed by atoms with Crippen molar-refractivity contribution in [3.05, 3.63) is 57.6 Å². The summed E-state index contributed by atoms with van der Waals surface area (Å²) in [6, 6.07) is 5.21. The van der Waals surface area contributed by atoms with Crippen LogP contribution in [0.5, 0.6) is 0 Å². The lowest BCUT2D eigenvalue weighted by molar-refractivity contribution is 0.318. The van der Waals surface area contributed by atoms with Crippen molar-refractivity contribution in [1.82, 2.24) is 15.5 Å². The molecule has 2 aliphatic heterocycles. The second-order valence-corrected chi connectivity index (χ2v) is 8.33. The molecule has 2 heterocycles. The fraction of sp³-hybridized carbons (Fsp3) is 0.455. The van der Waals surface area contributed by atoms with Gasteiger partial charge in [-0.05, 0) is 67.6 Å². The lowest BCUT2D eigenvalue weighted by atomic mass is 9.95. The molecule has 0 aromatic heterocycles. The maximum atomic E-state index is 13.5. The van der Waals surface area contributed by atoms with Crippen LogP contribution in [-0.4, -0.2) is 43.5 Å². The van der Waals surface area contributed by atoms with E-state index in [2.05, 4.69) is 32.5 Å². The Morgan fingerprint density at radius 2 is 2.16 bits per heavy atom. The summed E-state index contributed by atoms with van der Waals surface area (Å²) in [4.78, 5) is 2.07. The third kappa shape index (κ3) is 6.21. The molecule has 1 aromatic carbocycles. The second-order valence-electron chi connectivity index (χ2n) is 7.90. The summed E-state index contributed by atoms with van der Waals surface area (Å²) in [5.41, 5.74) is 16.0. The molecular formula is C22H31ClFN7. The lowest BCUT2D eigenvalue weighted by Crippen LogP contribution is -2.41. The Labute approximate surface area is 188 Å². The number of benzene rings is 1. The van der Waals surface area contributed by atoms with Crippen LogP contribution in [0, 0.1) is 5.92 Å². The molecule has 6 N–H and O–H groups in total. The maximum Gasteiger partial charge on any atom is 0.120 e. The van der Waals surface area contributed by atoms with Gasteiger partial charge >= 0.3 is 0 Å². The first-order valence-electron chi connectivity index (χ1n) is 10.5. The second kappa shape index (κ2) is 11.2. The predicted octanol–water partition coefficient (Wildman–Crippen LogP) is 2.63. The largest absolute Gasteiger partial charge is 0.397 e. The van der Waals surface area contributed by atoms with E-state index in [0.29, 0.717) is 47.5 Å². The molecule has 9 heteroatoms. The fourth-order valence-corrected chi connectivity index (χ4v) is 3.99. The van der Waals surface area contributed by atoms with Crippen LogP contribution in [0.1, 0.15) is 30.4 Å². The Kier molecular flexibility index (Phi) is 8.31. The Balaban J connectivity index is 1.77. The van der Waals surface area contributed by atoms with Gasteiger partial charge in [-0.25, -0.2) is 4.39 Å². The molecule has 0 bridgehead atoms. The van der Waals surface area contributed by atoms with E-state index in [4.69, 9.17) is 23.1 Å². The molecule has 0 aliphatic carbocycles. The van der Waals surface area contributed by atoms with Crippen molar-refractivity contribution in [3.63, 3.8) is 0 Å². The number of halogens is 2. The number of hydrogen-bond donors (Lipinski definition) is 4. The molecule has 7 nitrogen and oxygen atoms in total. The molecule has 3 rings (SSSR count). The maximum absolute atomic E-state index is 13.5. The van der Waals surface area contributed by atoms with E-state index in [1.54, 1.807) is 18.2 Å². The average Bonchev–Trinajstić information content (AvgIpc) is 2.71. The molecule has 0 spiro atoms. The normalized spacial score (nSPS) is 18.1. The minimum absolute atomic E-state index is 0.474. The van der Waals surface area contributed by atoms with Crippen LogP contribution in [0.25, 0.3) is 0 Å². The standard InChI is InChI=1S/C22H31ClFN7/c1-27-30-20(4-2-3-15-12-28-13-15)19(25)10-21-22(26)29-7-8-31(21)14-17-9-18(23)6-5-16(17)11-24/h5-6,9-10,15,28-29H,1-4,7-8,11-14,25-26H2/b19-10-,30-20+. The third-order valence-electron chi connectivity index (χ3n) is 5.70. The number of nitrogens with one attached hydrogen (secondary N) is 2. The number of alkyl halides is 1. The van der Waals surface area contributed by atoms with Gasteiger partial charge < -0.3 is 27.0 Å². The minimum atomic E-state index is -0.552. The zero-order chi connectivity index (χ0) is 22.2. The van der Waals surface area contributed by atoms with Crippen LogP contribution in [0.2, 0.25) is 5.02 Å². The van der Waals surface area contributed by atoms with E-state index in [1.165, 1.54) is 0 Å². The quantitative estimate of drug-likeness (QED) is 0.326. The molecule has 31 heavy (non-hydrogen) atoms. The van der Waals surface area contributed by atoms with E-state index >= 15 is 0 Å². The summed E-state index contributed by atoms with van der Waals surface area (Å²) >= 11 is 6.14. The summed E-state index contributed by atoms with van der Waals surface area (Å²) in [7, 11) is 0. The highest BCUT2D eigenvalue weighted by molar-refractivity contribution is 6.30. The van der Waals surface area contributed by atoms with Crippen LogP contribution in [-0.2, 0) is 13.2 Å². The molecule has 0 radical (unpaired) electrons. The van der Waals surface area contributed by atoms with E-state index in [-0.39, 0.29) is 0 Å². The summed E-state index contributed by atoms with van der Waals surface area (Å²) in [5.74, 6) is 1.24. The Hall–Kier alpha value is -2.58. The van der Waals surface area contributed by atoms with Gasteiger partial charge in [-0.2, -0.15) is 10.2 Å². The topological polar surface area (TPSA) is 104 Å². The number of rotatable bonds is 10. The first-order valence-corrected chi connectivity index (χ1v) is 10.9. The summed E-state index contributed by atoms with van der Waals surface area (Å²) in [5, 5.41) is 14.9. The van der Waals surface area contributed by atoms with E-state index in [9.17, 15) is 4.39 Å². The number of nitrogens with two attached hydrogens (primary N) is 2. The van der Waals surface area contributed by atoms with Crippen molar-refractivity contribution in [2.45, 2.75) is 32.5 Å². The van der Waals surface area contributed by atoms with E-state index in [0.717, 1.165) is 49.5 Å². The van der Waals surface area contributed by atoms with Gasteiger partial charge in [0.25, 0.3) is 0 Å². The van der Waals surface area contributed by atoms with Crippen LogP contribution in [0.15, 0.2) is 51.7 Å². The van der Waals surface area contributed by atoms with Crippen molar-refractivity contribution >= 4 is 24.0 Å². The molecule has 0 amide bonds. The van der Waals surface area contributed by atoms with Gasteiger partial charge in [-0.15, -0.1) is 0 Å². The molecular weight excluding hydrogens is 417 g/mol. The number of allylic oxidation sites excluding steroid dienone is 2. The average molecular weight is 448 g/mol. The SMILES string of the molecule is C=N/N=C(CCCC1CNC1)/C(N)=C/C1=C(N)NCCN1Cc1cc(Cl)ccc1CF. The molecule has 1 fully saturated rings. The molecule has 2 aliphatic rings. The van der Waals surface area contributed by atoms with Crippen LogP contribution in [0.4, 0.5) is 4.39 Å². The van der Waals surface area contributed by atoms with Gasteiger partial charge in [0.1, 0.15) is 12.5 Å². The number of hydrogen-bond acceptors (Lipinski definition) is 7. The van der Waals surface area contributed by atoms with Crippen molar-refractivity contribution in [2.24, 2.45) is 27.6 Å². The summed E-state index contributed by atoms with van der Waals surface area (Å²) in [6.07, 6.45) is 4.64. The lowest BCUT2D eigenvalue weighted by Gasteiger charge is -2.32. The molecule has 168 valence electrons. The third-order valence-corrected chi connectivity index (χ3v) is 5.93. The Morgan fingerprint density at radius 3 is 2.84 bits per heavy atom. The highest BCUT2D eigenvalue weighted by Gasteiger charge is 2.20. The first-order chi connectivity index (χ1) is 15.0. The smallest absolute Gasteiger partial charge is 0.120 e. The monoisotopic (exact) mass is 447 g/mol. The van der Waals surface area contributed by atoms with Crippen LogP contribution >= 0.6 is 11.6 Å². The Morgan fingerprint density at radius 1 is 1.35 bits per heavy atom. The minimum Gasteiger partial charge on any atom is -0.397 e. The highest BCUT2D eigenvalue weighted by Crippen LogP contribution is 2.23.